The van der Waals surface area contributed by atoms with E-state index >= 15 is 0 Å². The number of carbonyl (C=O) groups is 1. The fourth-order valence-corrected chi connectivity index (χ4v) is 5.00. The van der Waals surface area contributed by atoms with Crippen LogP contribution in [0.1, 0.15) is 41.4 Å². The van der Waals surface area contributed by atoms with Crippen LogP contribution in [0.5, 0.6) is 5.75 Å². The van der Waals surface area contributed by atoms with Gasteiger partial charge in [0.15, 0.2) is 11.4 Å². The summed E-state index contributed by atoms with van der Waals surface area (Å²) in [6, 6.07) is 7.90. The zero-order valence-electron chi connectivity index (χ0n) is 17.9. The van der Waals surface area contributed by atoms with Gasteiger partial charge in [-0.1, -0.05) is 30.3 Å². The smallest absolute Gasteiger partial charge is 0.389 e. The highest BCUT2D eigenvalue weighted by Crippen LogP contribution is 2.45. The summed E-state index contributed by atoms with van der Waals surface area (Å²) in [4.78, 5) is 27.3. The molecule has 2 aliphatic rings. The summed E-state index contributed by atoms with van der Waals surface area (Å²) < 4.78 is 42.0. The molecule has 178 valence electrons. The lowest BCUT2D eigenvalue weighted by Gasteiger charge is -2.54. The largest absolute Gasteiger partial charge is 0.502 e. The van der Waals surface area contributed by atoms with Crippen molar-refractivity contribution in [3.63, 3.8) is 0 Å². The minimum Gasteiger partial charge on any atom is -0.502 e. The molecule has 0 aliphatic carbocycles. The van der Waals surface area contributed by atoms with E-state index in [1.165, 1.54) is 22.8 Å². The van der Waals surface area contributed by atoms with Crippen molar-refractivity contribution < 1.29 is 23.1 Å². The van der Waals surface area contributed by atoms with Gasteiger partial charge in [0.25, 0.3) is 5.91 Å². The molecule has 2 N–H and O–H groups in total. The molecule has 3 aromatic rings. The Kier molecular flexibility index (Phi) is 5.06. The van der Waals surface area contributed by atoms with Gasteiger partial charge in [0.05, 0.1) is 11.6 Å². The van der Waals surface area contributed by atoms with Gasteiger partial charge in [-0.05, 0) is 29.5 Å². The standard InChI is InChI=1S/C21H20F3N7O3/c1-29-14-8-7-12(9-21(22,23)24)15(11-5-3-2-4-6-11)31(14)30-10-13(19-25-27-28-26-19)17(32)18(33)16(30)20(29)34/h2-6,10,12,14-15,33H,7-9H2,1H3,(H,25,26,27,28). The van der Waals surface area contributed by atoms with Crippen LogP contribution in [0.2, 0.25) is 0 Å². The molecule has 13 heteroatoms. The van der Waals surface area contributed by atoms with Gasteiger partial charge in [-0.3, -0.25) is 19.3 Å². The lowest BCUT2D eigenvalue weighted by atomic mass is 9.81. The number of benzene rings is 1. The number of amides is 1. The fraction of sp³-hybridized carbons (Fsp3) is 0.381. The lowest BCUT2D eigenvalue weighted by molar-refractivity contribution is -0.149. The van der Waals surface area contributed by atoms with Crippen LogP contribution in [-0.2, 0) is 0 Å². The first kappa shape index (κ1) is 21.9. The number of hydrogen-bond donors (Lipinski definition) is 2. The molecule has 3 atom stereocenters. The summed E-state index contributed by atoms with van der Waals surface area (Å²) >= 11 is 0. The van der Waals surface area contributed by atoms with Gasteiger partial charge >= 0.3 is 6.18 Å². The fourth-order valence-electron chi connectivity index (χ4n) is 5.00. The molecule has 0 saturated carbocycles. The minimum atomic E-state index is -4.40. The molecule has 1 amide bonds. The van der Waals surface area contributed by atoms with E-state index in [4.69, 9.17) is 0 Å². The first-order valence-corrected chi connectivity index (χ1v) is 10.6. The SMILES string of the molecule is CN1C(=O)c2c(O)c(=O)c(-c3nn[nH]n3)cn2N2C(c3ccccc3)C(CC(F)(F)F)CCC12. The highest BCUT2D eigenvalue weighted by atomic mass is 19.4. The average molecular weight is 475 g/mol. The van der Waals surface area contributed by atoms with Gasteiger partial charge in [0.2, 0.25) is 11.3 Å². The molecule has 5 rings (SSSR count). The predicted octanol–water partition coefficient (Wildman–Crippen LogP) is 2.19. The summed E-state index contributed by atoms with van der Waals surface area (Å²) in [5, 5.41) is 25.6. The number of nitrogens with zero attached hydrogens (tertiary/aromatic N) is 6. The number of rotatable bonds is 3. The Morgan fingerprint density at radius 2 is 1.91 bits per heavy atom. The van der Waals surface area contributed by atoms with Crippen molar-refractivity contribution in [1.82, 2.24) is 30.2 Å². The number of pyridine rings is 1. The summed E-state index contributed by atoms with van der Waals surface area (Å²) in [5.74, 6) is -2.39. The van der Waals surface area contributed by atoms with Crippen molar-refractivity contribution in [2.24, 2.45) is 5.92 Å². The Balaban J connectivity index is 1.75. The Morgan fingerprint density at radius 3 is 2.56 bits per heavy atom. The average Bonchev–Trinajstić information content (AvgIpc) is 3.33. The minimum absolute atomic E-state index is 0.112. The third-order valence-electron chi connectivity index (χ3n) is 6.44. The molecule has 1 aromatic carbocycles. The second-order valence-corrected chi connectivity index (χ2v) is 8.44. The molecule has 0 spiro atoms. The van der Waals surface area contributed by atoms with Gasteiger partial charge < -0.3 is 10.0 Å². The monoisotopic (exact) mass is 475 g/mol. The van der Waals surface area contributed by atoms with E-state index in [0.29, 0.717) is 5.56 Å². The second kappa shape index (κ2) is 7.85. The number of fused-ring (bicyclic) bond motifs is 3. The number of halogens is 3. The van der Waals surface area contributed by atoms with Crippen molar-refractivity contribution >= 4 is 5.91 Å². The summed E-state index contributed by atoms with van der Waals surface area (Å²) in [6.45, 7) is 0. The van der Waals surface area contributed by atoms with Gasteiger partial charge in [0.1, 0.15) is 6.17 Å². The highest BCUT2D eigenvalue weighted by Gasteiger charge is 2.49. The molecular formula is C21H20F3N7O3. The number of tetrazole rings is 1. The van der Waals surface area contributed by atoms with Crippen molar-refractivity contribution in [2.75, 3.05) is 12.1 Å². The number of nitrogens with one attached hydrogen (secondary N) is 1. The van der Waals surface area contributed by atoms with E-state index in [0.717, 1.165) is 0 Å². The quantitative estimate of drug-likeness (QED) is 0.596. The van der Waals surface area contributed by atoms with Gasteiger partial charge in [0, 0.05) is 19.7 Å². The second-order valence-electron chi connectivity index (χ2n) is 8.44. The molecule has 0 bridgehead atoms. The number of aromatic hydroxyl groups is 1. The van der Waals surface area contributed by atoms with Crippen LogP contribution < -0.4 is 10.4 Å². The molecule has 0 radical (unpaired) electrons. The molecule has 2 aliphatic heterocycles. The van der Waals surface area contributed by atoms with Crippen LogP contribution in [-0.4, -0.2) is 60.6 Å². The van der Waals surface area contributed by atoms with Crippen LogP contribution >= 0.6 is 0 Å². The number of aromatic nitrogens is 5. The van der Waals surface area contributed by atoms with Crippen LogP contribution in [0, 0.1) is 5.92 Å². The molecule has 1 saturated heterocycles. The lowest BCUT2D eigenvalue weighted by Crippen LogP contribution is -2.64. The number of piperidine rings is 1. The highest BCUT2D eigenvalue weighted by molar-refractivity contribution is 5.96. The van der Waals surface area contributed by atoms with E-state index in [1.807, 2.05) is 0 Å². The third kappa shape index (κ3) is 3.47. The number of H-pyrrole nitrogens is 1. The van der Waals surface area contributed by atoms with E-state index in [-0.39, 0.29) is 29.9 Å². The first-order valence-electron chi connectivity index (χ1n) is 10.6. The van der Waals surface area contributed by atoms with Crippen LogP contribution in [0.25, 0.3) is 11.4 Å². The normalized spacial score (nSPS) is 22.5. The van der Waals surface area contributed by atoms with Crippen molar-refractivity contribution in [3.05, 3.63) is 58.0 Å². The zero-order chi connectivity index (χ0) is 24.2. The van der Waals surface area contributed by atoms with Gasteiger partial charge in [-0.15, -0.1) is 10.2 Å². The van der Waals surface area contributed by atoms with E-state index < -0.39 is 47.8 Å². The van der Waals surface area contributed by atoms with E-state index in [1.54, 1.807) is 35.3 Å². The summed E-state index contributed by atoms with van der Waals surface area (Å²) in [6.07, 6.45) is -4.23. The molecular weight excluding hydrogens is 455 g/mol. The molecule has 2 aromatic heterocycles. The van der Waals surface area contributed by atoms with Crippen molar-refractivity contribution in [1.29, 1.82) is 0 Å². The molecule has 4 heterocycles. The van der Waals surface area contributed by atoms with Gasteiger partial charge in [-0.25, -0.2) is 0 Å². The summed E-state index contributed by atoms with van der Waals surface area (Å²) in [7, 11) is 1.51. The molecule has 1 fully saturated rings. The van der Waals surface area contributed by atoms with Gasteiger partial charge in [-0.2, -0.15) is 18.4 Å². The van der Waals surface area contributed by atoms with Crippen LogP contribution in [0.15, 0.2) is 41.3 Å². The first-order chi connectivity index (χ1) is 16.2. The Hall–Kier alpha value is -3.90. The summed E-state index contributed by atoms with van der Waals surface area (Å²) in [5.41, 5.74) is -0.733. The molecule has 10 nitrogen and oxygen atoms in total. The topological polar surface area (TPSA) is 120 Å². The van der Waals surface area contributed by atoms with Crippen molar-refractivity contribution in [2.45, 2.75) is 37.6 Å². The number of aromatic amines is 1. The zero-order valence-corrected chi connectivity index (χ0v) is 17.9. The maximum absolute atomic E-state index is 13.6. The molecule has 34 heavy (non-hydrogen) atoms. The predicted molar refractivity (Wildman–Crippen MR) is 112 cm³/mol. The number of hydrogen-bond acceptors (Lipinski definition) is 7. The van der Waals surface area contributed by atoms with Crippen molar-refractivity contribution in [3.8, 4) is 17.1 Å². The molecule has 3 unspecified atom stereocenters. The Morgan fingerprint density at radius 1 is 1.18 bits per heavy atom. The van der Waals surface area contributed by atoms with Crippen LogP contribution in [0.3, 0.4) is 0 Å². The Labute approximate surface area is 190 Å². The number of alkyl halides is 3. The Bertz CT molecular complexity index is 1280. The maximum atomic E-state index is 13.6. The van der Waals surface area contributed by atoms with E-state index in [9.17, 15) is 27.9 Å². The number of carbonyl (C=O) groups excluding carboxylic acids is 1. The van der Waals surface area contributed by atoms with Crippen LogP contribution in [0.4, 0.5) is 13.2 Å². The van der Waals surface area contributed by atoms with E-state index in [2.05, 4.69) is 20.6 Å². The third-order valence-corrected chi connectivity index (χ3v) is 6.44. The maximum Gasteiger partial charge on any atom is 0.389 e.